The van der Waals surface area contributed by atoms with E-state index in [-0.39, 0.29) is 6.61 Å². The lowest BCUT2D eigenvalue weighted by Crippen LogP contribution is -2.29. The quantitative estimate of drug-likeness (QED) is 0.688. The third-order valence-electron chi connectivity index (χ3n) is 3.44. The van der Waals surface area contributed by atoms with Gasteiger partial charge in [-0.05, 0) is 43.6 Å². The van der Waals surface area contributed by atoms with Crippen molar-refractivity contribution in [2.75, 3.05) is 32.8 Å². The summed E-state index contributed by atoms with van der Waals surface area (Å²) >= 11 is 0. The minimum Gasteiger partial charge on any atom is -0.484 e. The number of benzene rings is 1. The van der Waals surface area contributed by atoms with Gasteiger partial charge in [-0.2, -0.15) is 0 Å². The normalized spacial score (nSPS) is 15.4. The third kappa shape index (κ3) is 5.19. The van der Waals surface area contributed by atoms with Gasteiger partial charge in [0, 0.05) is 19.6 Å². The molecule has 0 radical (unpaired) electrons. The Balaban J connectivity index is 1.64. The lowest BCUT2D eigenvalue weighted by atomic mass is 10.2. The zero-order valence-electron chi connectivity index (χ0n) is 11.8. The summed E-state index contributed by atoms with van der Waals surface area (Å²) in [6.45, 7) is 5.40. The molecule has 1 amide bonds. The summed E-state index contributed by atoms with van der Waals surface area (Å²) in [5, 5.41) is 3.44. The second-order valence-electron chi connectivity index (χ2n) is 5.12. The number of nitrogens with one attached hydrogen (secondary N) is 1. The molecule has 0 spiro atoms. The number of carbonyl (C=O) groups is 1. The number of amides is 1. The van der Waals surface area contributed by atoms with Crippen LogP contribution in [0.15, 0.2) is 24.3 Å². The van der Waals surface area contributed by atoms with Crippen LogP contribution in [-0.4, -0.2) is 43.6 Å². The summed E-state index contributed by atoms with van der Waals surface area (Å²) in [5.41, 5.74) is 6.23. The Hall–Kier alpha value is -1.59. The highest BCUT2D eigenvalue weighted by Gasteiger charge is 2.09. The van der Waals surface area contributed by atoms with E-state index in [1.165, 1.54) is 31.5 Å². The molecule has 0 aliphatic carbocycles. The van der Waals surface area contributed by atoms with Crippen LogP contribution in [0.2, 0.25) is 0 Å². The van der Waals surface area contributed by atoms with E-state index in [1.54, 1.807) is 0 Å². The van der Waals surface area contributed by atoms with Crippen LogP contribution in [0.25, 0.3) is 0 Å². The number of hydrogen-bond donors (Lipinski definition) is 2. The molecule has 1 aliphatic rings. The lowest BCUT2D eigenvalue weighted by Gasteiger charge is -2.14. The molecule has 1 aromatic carbocycles. The molecule has 1 fully saturated rings. The molecule has 5 heteroatoms. The highest BCUT2D eigenvalue weighted by Crippen LogP contribution is 2.12. The Morgan fingerprint density at radius 3 is 2.60 bits per heavy atom. The molecule has 1 aliphatic heterocycles. The molecule has 110 valence electrons. The molecule has 0 bridgehead atoms. The first-order valence-electron chi connectivity index (χ1n) is 7.17. The van der Waals surface area contributed by atoms with E-state index in [1.807, 2.05) is 24.3 Å². The molecule has 1 heterocycles. The molecule has 5 nitrogen and oxygen atoms in total. The van der Waals surface area contributed by atoms with Crippen molar-refractivity contribution in [3.05, 3.63) is 29.8 Å². The Labute approximate surface area is 120 Å². The average Bonchev–Trinajstić information content (AvgIpc) is 2.96. The summed E-state index contributed by atoms with van der Waals surface area (Å²) in [6, 6.07) is 7.72. The second kappa shape index (κ2) is 7.87. The Kier molecular flexibility index (Phi) is 5.83. The summed E-state index contributed by atoms with van der Waals surface area (Å²) in [4.78, 5) is 13.1. The van der Waals surface area contributed by atoms with E-state index in [9.17, 15) is 4.79 Å². The van der Waals surface area contributed by atoms with Crippen LogP contribution in [0.1, 0.15) is 18.4 Å². The van der Waals surface area contributed by atoms with Gasteiger partial charge in [0.25, 0.3) is 5.91 Å². The van der Waals surface area contributed by atoms with Crippen LogP contribution in [0.5, 0.6) is 5.75 Å². The maximum atomic E-state index is 10.6. The first-order chi connectivity index (χ1) is 9.74. The SMILES string of the molecule is NC(=O)COc1ccc(CNCCN2CCCC2)cc1. The van der Waals surface area contributed by atoms with Crippen molar-refractivity contribution in [1.29, 1.82) is 0 Å². The fourth-order valence-corrected chi connectivity index (χ4v) is 2.33. The predicted octanol–water partition coefficient (Wildman–Crippen LogP) is 0.736. The minimum absolute atomic E-state index is 0.0760. The van der Waals surface area contributed by atoms with E-state index in [2.05, 4.69) is 10.2 Å². The Morgan fingerprint density at radius 2 is 1.95 bits per heavy atom. The zero-order valence-corrected chi connectivity index (χ0v) is 11.8. The maximum Gasteiger partial charge on any atom is 0.255 e. The van der Waals surface area contributed by atoms with Gasteiger partial charge >= 0.3 is 0 Å². The molecular formula is C15H23N3O2. The van der Waals surface area contributed by atoms with Gasteiger partial charge in [0.2, 0.25) is 0 Å². The third-order valence-corrected chi connectivity index (χ3v) is 3.44. The van der Waals surface area contributed by atoms with E-state index in [0.29, 0.717) is 5.75 Å². The summed E-state index contributed by atoms with van der Waals surface area (Å²) in [5.74, 6) is 0.210. The van der Waals surface area contributed by atoms with E-state index < -0.39 is 5.91 Å². The minimum atomic E-state index is -0.461. The van der Waals surface area contributed by atoms with Gasteiger partial charge in [0.05, 0.1) is 0 Å². The van der Waals surface area contributed by atoms with Gasteiger partial charge in [-0.3, -0.25) is 4.79 Å². The molecule has 0 aromatic heterocycles. The van der Waals surface area contributed by atoms with Crippen molar-refractivity contribution in [2.45, 2.75) is 19.4 Å². The first kappa shape index (κ1) is 14.8. The Morgan fingerprint density at radius 1 is 1.25 bits per heavy atom. The number of nitrogens with two attached hydrogens (primary N) is 1. The van der Waals surface area contributed by atoms with Crippen molar-refractivity contribution >= 4 is 5.91 Å². The lowest BCUT2D eigenvalue weighted by molar-refractivity contribution is -0.119. The first-order valence-corrected chi connectivity index (χ1v) is 7.17. The van der Waals surface area contributed by atoms with Gasteiger partial charge in [0.15, 0.2) is 6.61 Å². The molecular weight excluding hydrogens is 254 g/mol. The molecule has 2 rings (SSSR count). The summed E-state index contributed by atoms with van der Waals surface area (Å²) in [7, 11) is 0. The van der Waals surface area contributed by atoms with Crippen LogP contribution in [-0.2, 0) is 11.3 Å². The molecule has 0 unspecified atom stereocenters. The zero-order chi connectivity index (χ0) is 14.2. The van der Waals surface area contributed by atoms with Crippen LogP contribution in [0.4, 0.5) is 0 Å². The van der Waals surface area contributed by atoms with Crippen molar-refractivity contribution in [2.24, 2.45) is 5.73 Å². The molecule has 1 aromatic rings. The van der Waals surface area contributed by atoms with Crippen molar-refractivity contribution in [3.8, 4) is 5.75 Å². The number of ether oxygens (including phenoxy) is 1. The van der Waals surface area contributed by atoms with Crippen LogP contribution in [0, 0.1) is 0 Å². The molecule has 3 N–H and O–H groups in total. The highest BCUT2D eigenvalue weighted by molar-refractivity contribution is 5.75. The molecule has 20 heavy (non-hydrogen) atoms. The number of nitrogens with zero attached hydrogens (tertiary/aromatic N) is 1. The number of rotatable bonds is 8. The number of likely N-dealkylation sites (tertiary alicyclic amines) is 1. The maximum absolute atomic E-state index is 10.6. The fourth-order valence-electron chi connectivity index (χ4n) is 2.33. The molecule has 0 saturated carbocycles. The van der Waals surface area contributed by atoms with Crippen molar-refractivity contribution < 1.29 is 9.53 Å². The average molecular weight is 277 g/mol. The standard InChI is InChI=1S/C15H23N3O2/c16-15(19)12-20-14-5-3-13(4-6-14)11-17-7-10-18-8-1-2-9-18/h3-6,17H,1-2,7-12H2,(H2,16,19). The van der Waals surface area contributed by atoms with Crippen LogP contribution < -0.4 is 15.8 Å². The van der Waals surface area contributed by atoms with E-state index in [0.717, 1.165) is 19.6 Å². The van der Waals surface area contributed by atoms with E-state index >= 15 is 0 Å². The van der Waals surface area contributed by atoms with E-state index in [4.69, 9.17) is 10.5 Å². The van der Waals surface area contributed by atoms with Crippen molar-refractivity contribution in [3.63, 3.8) is 0 Å². The van der Waals surface area contributed by atoms with Gasteiger partial charge in [-0.25, -0.2) is 0 Å². The highest BCUT2D eigenvalue weighted by atomic mass is 16.5. The fraction of sp³-hybridized carbons (Fsp3) is 0.533. The van der Waals surface area contributed by atoms with Gasteiger partial charge in [0.1, 0.15) is 5.75 Å². The van der Waals surface area contributed by atoms with Crippen LogP contribution >= 0.6 is 0 Å². The van der Waals surface area contributed by atoms with Gasteiger partial charge in [-0.15, -0.1) is 0 Å². The van der Waals surface area contributed by atoms with Crippen molar-refractivity contribution in [1.82, 2.24) is 10.2 Å². The molecule has 1 saturated heterocycles. The predicted molar refractivity (Wildman–Crippen MR) is 78.5 cm³/mol. The number of carbonyl (C=O) groups excluding carboxylic acids is 1. The summed E-state index contributed by atoms with van der Waals surface area (Å²) < 4.78 is 5.21. The topological polar surface area (TPSA) is 67.6 Å². The van der Waals surface area contributed by atoms with Gasteiger partial charge in [-0.1, -0.05) is 12.1 Å². The smallest absolute Gasteiger partial charge is 0.255 e. The van der Waals surface area contributed by atoms with Gasteiger partial charge < -0.3 is 20.7 Å². The second-order valence-corrected chi connectivity index (χ2v) is 5.12. The largest absolute Gasteiger partial charge is 0.484 e. The monoisotopic (exact) mass is 277 g/mol. The Bertz CT molecular complexity index is 414. The molecule has 0 atom stereocenters. The number of hydrogen-bond acceptors (Lipinski definition) is 4. The number of primary amides is 1. The van der Waals surface area contributed by atoms with Crippen LogP contribution in [0.3, 0.4) is 0 Å². The summed E-state index contributed by atoms with van der Waals surface area (Å²) in [6.07, 6.45) is 2.68.